The Hall–Kier alpha value is -1.55. The van der Waals surface area contributed by atoms with Crippen LogP contribution in [0, 0.1) is 0 Å². The average molecular weight is 274 g/mol. The van der Waals surface area contributed by atoms with Crippen molar-refractivity contribution in [1.29, 1.82) is 0 Å². The van der Waals surface area contributed by atoms with Crippen LogP contribution in [0.3, 0.4) is 0 Å². The molecule has 0 amide bonds. The number of benzene rings is 1. The van der Waals surface area contributed by atoms with Crippen LogP contribution < -0.4 is 10.6 Å². The molecular weight excluding hydrogens is 248 g/mol. The Morgan fingerprint density at radius 1 is 1.25 bits per heavy atom. The van der Waals surface area contributed by atoms with Gasteiger partial charge in [0.05, 0.1) is 6.54 Å². The highest BCUT2D eigenvalue weighted by molar-refractivity contribution is 5.81. The molecule has 2 N–H and O–H groups in total. The summed E-state index contributed by atoms with van der Waals surface area (Å²) in [5.41, 5.74) is 2.75. The Labute approximate surface area is 122 Å². The Morgan fingerprint density at radius 2 is 1.95 bits per heavy atom. The summed E-state index contributed by atoms with van der Waals surface area (Å²) in [6.07, 6.45) is 0. The van der Waals surface area contributed by atoms with Crippen molar-refractivity contribution >= 4 is 5.96 Å². The summed E-state index contributed by atoms with van der Waals surface area (Å²) >= 11 is 0. The highest BCUT2D eigenvalue weighted by Crippen LogP contribution is 2.11. The van der Waals surface area contributed by atoms with E-state index in [9.17, 15) is 0 Å². The summed E-state index contributed by atoms with van der Waals surface area (Å²) in [6, 6.07) is 9.10. The maximum atomic E-state index is 4.44. The minimum atomic E-state index is 0.448. The molecule has 1 unspecified atom stereocenters. The van der Waals surface area contributed by atoms with E-state index in [4.69, 9.17) is 0 Å². The molecule has 0 aromatic heterocycles. The number of nitrogens with one attached hydrogen (secondary N) is 2. The lowest BCUT2D eigenvalue weighted by atomic mass is 10.1. The highest BCUT2D eigenvalue weighted by Gasteiger charge is 2.12. The summed E-state index contributed by atoms with van der Waals surface area (Å²) in [6.45, 7) is 11.5. The zero-order valence-corrected chi connectivity index (χ0v) is 12.8. The van der Waals surface area contributed by atoms with E-state index >= 15 is 0 Å². The first kappa shape index (κ1) is 14.9. The number of hydrogen-bond donors (Lipinski definition) is 2. The van der Waals surface area contributed by atoms with E-state index in [0.29, 0.717) is 6.04 Å². The fraction of sp³-hybridized carbons (Fsp3) is 0.562. The second-order valence-corrected chi connectivity index (χ2v) is 5.32. The molecule has 4 nitrogen and oxygen atoms in total. The van der Waals surface area contributed by atoms with Gasteiger partial charge in [-0.25, -0.2) is 0 Å². The van der Waals surface area contributed by atoms with Crippen LogP contribution in [0.5, 0.6) is 0 Å². The molecular formula is C16H26N4. The van der Waals surface area contributed by atoms with E-state index in [-0.39, 0.29) is 0 Å². The van der Waals surface area contributed by atoms with Crippen molar-refractivity contribution in [3.63, 3.8) is 0 Å². The van der Waals surface area contributed by atoms with Crippen LogP contribution in [0.2, 0.25) is 0 Å². The third-order valence-corrected chi connectivity index (χ3v) is 3.76. The first-order chi connectivity index (χ1) is 9.72. The van der Waals surface area contributed by atoms with Crippen molar-refractivity contribution in [2.24, 2.45) is 4.99 Å². The molecule has 0 saturated carbocycles. The van der Waals surface area contributed by atoms with Gasteiger partial charge in [-0.15, -0.1) is 0 Å². The number of hydrogen-bond acceptors (Lipinski definition) is 4. The molecule has 1 aromatic rings. The van der Waals surface area contributed by atoms with Gasteiger partial charge in [0.1, 0.15) is 0 Å². The van der Waals surface area contributed by atoms with Crippen molar-refractivity contribution in [2.45, 2.75) is 39.9 Å². The molecule has 0 saturated heterocycles. The van der Waals surface area contributed by atoms with Gasteiger partial charge in [0.25, 0.3) is 0 Å². The molecule has 20 heavy (non-hydrogen) atoms. The van der Waals surface area contributed by atoms with E-state index < -0.39 is 0 Å². The van der Waals surface area contributed by atoms with Crippen LogP contribution in [0.25, 0.3) is 0 Å². The lowest BCUT2D eigenvalue weighted by Gasteiger charge is -2.20. The lowest BCUT2D eigenvalue weighted by Crippen LogP contribution is -2.37. The molecule has 110 valence electrons. The normalized spacial score (nSPS) is 18.0. The quantitative estimate of drug-likeness (QED) is 0.833. The zero-order valence-electron chi connectivity index (χ0n) is 12.8. The SMILES string of the molecule is CCN(CC)Cc1ccccc1CNC1=NCC(C)N1. The lowest BCUT2D eigenvalue weighted by molar-refractivity contribution is 0.295. The summed E-state index contributed by atoms with van der Waals surface area (Å²) in [5.74, 6) is 0.926. The third-order valence-electron chi connectivity index (χ3n) is 3.76. The van der Waals surface area contributed by atoms with E-state index in [1.54, 1.807) is 0 Å². The summed E-state index contributed by atoms with van der Waals surface area (Å²) in [4.78, 5) is 6.88. The zero-order chi connectivity index (χ0) is 14.4. The number of aliphatic imine (C=N–C) groups is 1. The summed E-state index contributed by atoms with van der Waals surface area (Å²) in [5, 5.41) is 6.73. The number of rotatable bonds is 6. The van der Waals surface area contributed by atoms with Gasteiger partial charge >= 0.3 is 0 Å². The van der Waals surface area contributed by atoms with Gasteiger partial charge in [-0.05, 0) is 31.1 Å². The average Bonchev–Trinajstić information content (AvgIpc) is 2.89. The van der Waals surface area contributed by atoms with Crippen LogP contribution in [0.1, 0.15) is 31.9 Å². The van der Waals surface area contributed by atoms with Gasteiger partial charge < -0.3 is 10.6 Å². The molecule has 4 heteroatoms. The van der Waals surface area contributed by atoms with E-state index in [1.165, 1.54) is 11.1 Å². The van der Waals surface area contributed by atoms with Crippen molar-refractivity contribution in [1.82, 2.24) is 15.5 Å². The van der Waals surface area contributed by atoms with Crippen LogP contribution in [-0.2, 0) is 13.1 Å². The molecule has 1 atom stereocenters. The molecule has 2 rings (SSSR count). The molecule has 0 fully saturated rings. The maximum absolute atomic E-state index is 4.44. The minimum absolute atomic E-state index is 0.448. The van der Waals surface area contributed by atoms with Crippen LogP contribution in [0.4, 0.5) is 0 Å². The van der Waals surface area contributed by atoms with E-state index in [1.807, 2.05) is 0 Å². The largest absolute Gasteiger partial charge is 0.352 e. The van der Waals surface area contributed by atoms with Crippen molar-refractivity contribution < 1.29 is 0 Å². The van der Waals surface area contributed by atoms with Gasteiger partial charge in [-0.3, -0.25) is 9.89 Å². The Balaban J connectivity index is 1.97. The van der Waals surface area contributed by atoms with Gasteiger partial charge in [0.15, 0.2) is 5.96 Å². The topological polar surface area (TPSA) is 39.7 Å². The fourth-order valence-corrected chi connectivity index (χ4v) is 2.41. The van der Waals surface area contributed by atoms with E-state index in [2.05, 4.69) is 65.6 Å². The minimum Gasteiger partial charge on any atom is -0.352 e. The number of guanidine groups is 1. The monoisotopic (exact) mass is 274 g/mol. The van der Waals surface area contributed by atoms with Crippen molar-refractivity contribution in [3.8, 4) is 0 Å². The van der Waals surface area contributed by atoms with Crippen LogP contribution >= 0.6 is 0 Å². The molecule has 0 spiro atoms. The first-order valence-corrected chi connectivity index (χ1v) is 7.57. The van der Waals surface area contributed by atoms with Gasteiger partial charge in [-0.2, -0.15) is 0 Å². The van der Waals surface area contributed by atoms with Crippen LogP contribution in [-0.4, -0.2) is 36.5 Å². The molecule has 1 aliphatic rings. The fourth-order valence-electron chi connectivity index (χ4n) is 2.41. The Bertz CT molecular complexity index is 452. The first-order valence-electron chi connectivity index (χ1n) is 7.57. The second-order valence-electron chi connectivity index (χ2n) is 5.32. The molecule has 0 bridgehead atoms. The number of nitrogens with zero attached hydrogens (tertiary/aromatic N) is 2. The van der Waals surface area contributed by atoms with Crippen LogP contribution in [0.15, 0.2) is 29.3 Å². The molecule has 1 aromatic carbocycles. The van der Waals surface area contributed by atoms with Gasteiger partial charge in [0.2, 0.25) is 0 Å². The Morgan fingerprint density at radius 3 is 2.55 bits per heavy atom. The maximum Gasteiger partial charge on any atom is 0.191 e. The van der Waals surface area contributed by atoms with E-state index in [0.717, 1.165) is 38.7 Å². The summed E-state index contributed by atoms with van der Waals surface area (Å²) in [7, 11) is 0. The summed E-state index contributed by atoms with van der Waals surface area (Å²) < 4.78 is 0. The molecule has 0 aliphatic carbocycles. The smallest absolute Gasteiger partial charge is 0.191 e. The predicted molar refractivity (Wildman–Crippen MR) is 84.8 cm³/mol. The molecule has 0 radical (unpaired) electrons. The van der Waals surface area contributed by atoms with Gasteiger partial charge in [0, 0.05) is 19.1 Å². The van der Waals surface area contributed by atoms with Crippen molar-refractivity contribution in [2.75, 3.05) is 19.6 Å². The van der Waals surface area contributed by atoms with Gasteiger partial charge in [-0.1, -0.05) is 38.1 Å². The Kier molecular flexibility index (Phi) is 5.41. The standard InChI is InChI=1S/C16H26N4/c1-4-20(5-2)12-15-9-7-6-8-14(15)11-18-16-17-10-13(3)19-16/h6-9,13H,4-5,10-12H2,1-3H3,(H2,17,18,19). The second kappa shape index (κ2) is 7.29. The third kappa shape index (κ3) is 3.97. The highest BCUT2D eigenvalue weighted by atomic mass is 15.2. The van der Waals surface area contributed by atoms with Crippen molar-refractivity contribution in [3.05, 3.63) is 35.4 Å². The molecule has 1 aliphatic heterocycles. The molecule has 1 heterocycles. The predicted octanol–water partition coefficient (Wildman–Crippen LogP) is 1.97.